The van der Waals surface area contributed by atoms with Gasteiger partial charge in [-0.3, -0.25) is 4.98 Å². The lowest BCUT2D eigenvalue weighted by Gasteiger charge is -2.16. The molecule has 0 saturated carbocycles. The molecule has 2 aromatic heterocycles. The van der Waals surface area contributed by atoms with Gasteiger partial charge in [-0.2, -0.15) is 0 Å². The highest BCUT2D eigenvalue weighted by Crippen LogP contribution is 2.23. The number of nitrogens with one attached hydrogen (secondary N) is 2. The van der Waals surface area contributed by atoms with Crippen LogP contribution in [0.2, 0.25) is 0 Å². The van der Waals surface area contributed by atoms with Crippen molar-refractivity contribution < 1.29 is 8.78 Å². The van der Waals surface area contributed by atoms with Gasteiger partial charge in [0.1, 0.15) is 0 Å². The summed E-state index contributed by atoms with van der Waals surface area (Å²) in [6.45, 7) is 4.18. The highest BCUT2D eigenvalue weighted by Gasteiger charge is 2.14. The number of rotatable bonds is 5. The molecule has 0 aliphatic carbocycles. The van der Waals surface area contributed by atoms with E-state index in [0.29, 0.717) is 6.54 Å². The Kier molecular flexibility index (Phi) is 4.45. The fraction of sp³-hybridized carbons (Fsp3) is 0.286. The molecular formula is C14H16F2N4. The van der Waals surface area contributed by atoms with Gasteiger partial charge in [-0.05, 0) is 25.5 Å². The van der Waals surface area contributed by atoms with Crippen LogP contribution in [0, 0.1) is 11.6 Å². The van der Waals surface area contributed by atoms with Gasteiger partial charge in [0.15, 0.2) is 23.3 Å². The van der Waals surface area contributed by atoms with Crippen LogP contribution in [-0.2, 0) is 0 Å². The molecular weight excluding hydrogens is 262 g/mol. The van der Waals surface area contributed by atoms with Crippen molar-refractivity contribution in [2.45, 2.75) is 19.9 Å². The van der Waals surface area contributed by atoms with Crippen molar-refractivity contribution in [3.8, 4) is 0 Å². The van der Waals surface area contributed by atoms with E-state index in [9.17, 15) is 8.78 Å². The normalized spacial score (nSPS) is 12.0. The van der Waals surface area contributed by atoms with E-state index in [0.717, 1.165) is 11.6 Å². The average molecular weight is 278 g/mol. The minimum Gasteiger partial charge on any atom is -0.368 e. The third kappa shape index (κ3) is 3.20. The molecule has 2 heterocycles. The van der Waals surface area contributed by atoms with Crippen molar-refractivity contribution in [2.24, 2.45) is 0 Å². The standard InChI is InChI=1S/C14H16F2N4/c1-3-18-13-11(15)7-12(16)14(20-13)19-9(2)10-5-4-6-17-8-10/h4-9H,3H2,1-2H3,(H2,18,19,20). The van der Waals surface area contributed by atoms with Crippen molar-refractivity contribution in [1.29, 1.82) is 0 Å². The summed E-state index contributed by atoms with van der Waals surface area (Å²) < 4.78 is 27.2. The zero-order valence-electron chi connectivity index (χ0n) is 11.3. The second-order valence-electron chi connectivity index (χ2n) is 4.33. The first kappa shape index (κ1) is 14.2. The third-order valence-electron chi connectivity index (χ3n) is 2.81. The number of halogens is 2. The van der Waals surface area contributed by atoms with Crippen LogP contribution in [-0.4, -0.2) is 16.5 Å². The van der Waals surface area contributed by atoms with E-state index in [4.69, 9.17) is 0 Å². The molecule has 6 heteroatoms. The van der Waals surface area contributed by atoms with Crippen molar-refractivity contribution in [1.82, 2.24) is 9.97 Å². The summed E-state index contributed by atoms with van der Waals surface area (Å²) >= 11 is 0. The molecule has 0 aromatic carbocycles. The number of pyridine rings is 2. The molecule has 0 fully saturated rings. The molecule has 20 heavy (non-hydrogen) atoms. The quantitative estimate of drug-likeness (QED) is 0.880. The summed E-state index contributed by atoms with van der Waals surface area (Å²) in [7, 11) is 0. The molecule has 1 unspecified atom stereocenters. The van der Waals surface area contributed by atoms with Gasteiger partial charge in [-0.1, -0.05) is 6.07 Å². The second kappa shape index (κ2) is 6.27. The highest BCUT2D eigenvalue weighted by molar-refractivity contribution is 5.48. The first-order valence-corrected chi connectivity index (χ1v) is 6.38. The van der Waals surface area contributed by atoms with Gasteiger partial charge < -0.3 is 10.6 Å². The number of aromatic nitrogens is 2. The maximum atomic E-state index is 13.7. The van der Waals surface area contributed by atoms with Gasteiger partial charge >= 0.3 is 0 Å². The van der Waals surface area contributed by atoms with Crippen molar-refractivity contribution in [3.63, 3.8) is 0 Å². The number of hydrogen-bond acceptors (Lipinski definition) is 4. The molecule has 2 N–H and O–H groups in total. The monoisotopic (exact) mass is 278 g/mol. The summed E-state index contributed by atoms with van der Waals surface area (Å²) in [6.07, 6.45) is 3.35. The lowest BCUT2D eigenvalue weighted by atomic mass is 10.1. The van der Waals surface area contributed by atoms with E-state index in [1.165, 1.54) is 0 Å². The first-order valence-electron chi connectivity index (χ1n) is 6.38. The van der Waals surface area contributed by atoms with E-state index in [1.54, 1.807) is 18.5 Å². The van der Waals surface area contributed by atoms with Gasteiger partial charge in [0.2, 0.25) is 0 Å². The minimum absolute atomic E-state index is 0.0127. The van der Waals surface area contributed by atoms with Gasteiger partial charge in [0, 0.05) is 25.0 Å². The Bertz CT molecular complexity index is 575. The third-order valence-corrected chi connectivity index (χ3v) is 2.81. The van der Waals surface area contributed by atoms with Crippen LogP contribution in [0.5, 0.6) is 0 Å². The molecule has 0 radical (unpaired) electrons. The van der Waals surface area contributed by atoms with Crippen LogP contribution in [0.3, 0.4) is 0 Å². The van der Waals surface area contributed by atoms with Crippen molar-refractivity contribution in [3.05, 3.63) is 47.8 Å². The van der Waals surface area contributed by atoms with Gasteiger partial charge in [0.05, 0.1) is 6.04 Å². The van der Waals surface area contributed by atoms with Crippen LogP contribution in [0.25, 0.3) is 0 Å². The van der Waals surface area contributed by atoms with Crippen LogP contribution in [0.4, 0.5) is 20.4 Å². The summed E-state index contributed by atoms with van der Waals surface area (Å²) in [5.41, 5.74) is 0.892. The Morgan fingerprint density at radius 3 is 2.65 bits per heavy atom. The van der Waals surface area contributed by atoms with E-state index >= 15 is 0 Å². The molecule has 2 aromatic rings. The van der Waals surface area contributed by atoms with Crippen LogP contribution < -0.4 is 10.6 Å². The largest absolute Gasteiger partial charge is 0.368 e. The average Bonchev–Trinajstić information content (AvgIpc) is 2.45. The van der Waals surface area contributed by atoms with Crippen LogP contribution in [0.1, 0.15) is 25.5 Å². The summed E-state index contributed by atoms with van der Waals surface area (Å²) in [5, 5.41) is 5.67. The van der Waals surface area contributed by atoms with Gasteiger partial charge in [-0.25, -0.2) is 13.8 Å². The molecule has 1 atom stereocenters. The molecule has 0 saturated heterocycles. The van der Waals surface area contributed by atoms with Crippen molar-refractivity contribution >= 4 is 11.6 Å². The predicted molar refractivity (Wildman–Crippen MR) is 74.6 cm³/mol. The smallest absolute Gasteiger partial charge is 0.168 e. The lowest BCUT2D eigenvalue weighted by Crippen LogP contribution is -2.12. The molecule has 4 nitrogen and oxygen atoms in total. The SMILES string of the molecule is CCNc1nc(NC(C)c2cccnc2)c(F)cc1F. The van der Waals surface area contributed by atoms with Gasteiger partial charge in [-0.15, -0.1) is 0 Å². The maximum Gasteiger partial charge on any atom is 0.168 e. The number of anilines is 2. The van der Waals surface area contributed by atoms with Crippen LogP contribution >= 0.6 is 0 Å². The Hall–Kier alpha value is -2.24. The summed E-state index contributed by atoms with van der Waals surface area (Å²) in [4.78, 5) is 7.94. The Labute approximate surface area is 116 Å². The molecule has 0 aliphatic heterocycles. The molecule has 0 aliphatic rings. The minimum atomic E-state index is -0.722. The van der Waals surface area contributed by atoms with E-state index in [1.807, 2.05) is 19.9 Å². The van der Waals surface area contributed by atoms with Gasteiger partial charge in [0.25, 0.3) is 0 Å². The summed E-state index contributed by atoms with van der Waals surface area (Å²) in [5.74, 6) is -1.38. The number of nitrogens with zero attached hydrogens (tertiary/aromatic N) is 2. The summed E-state index contributed by atoms with van der Waals surface area (Å²) in [6, 6.07) is 4.30. The maximum absolute atomic E-state index is 13.7. The topological polar surface area (TPSA) is 49.8 Å². The van der Waals surface area contributed by atoms with Crippen LogP contribution in [0.15, 0.2) is 30.6 Å². The first-order chi connectivity index (χ1) is 9.61. The van der Waals surface area contributed by atoms with E-state index in [2.05, 4.69) is 20.6 Å². The zero-order valence-corrected chi connectivity index (χ0v) is 11.3. The molecule has 106 valence electrons. The highest BCUT2D eigenvalue weighted by atomic mass is 19.1. The molecule has 0 amide bonds. The van der Waals surface area contributed by atoms with E-state index in [-0.39, 0.29) is 17.7 Å². The predicted octanol–water partition coefficient (Wildman–Crippen LogP) is 3.36. The Morgan fingerprint density at radius 1 is 1.25 bits per heavy atom. The zero-order chi connectivity index (χ0) is 14.5. The molecule has 0 bridgehead atoms. The fourth-order valence-corrected chi connectivity index (χ4v) is 1.78. The molecule has 0 spiro atoms. The fourth-order valence-electron chi connectivity index (χ4n) is 1.78. The molecule has 2 rings (SSSR count). The Morgan fingerprint density at radius 2 is 2.00 bits per heavy atom. The van der Waals surface area contributed by atoms with E-state index < -0.39 is 11.6 Å². The lowest BCUT2D eigenvalue weighted by molar-refractivity contribution is 0.576. The number of hydrogen-bond donors (Lipinski definition) is 2. The Balaban J connectivity index is 2.22. The van der Waals surface area contributed by atoms with Crippen molar-refractivity contribution in [2.75, 3.05) is 17.2 Å². The second-order valence-corrected chi connectivity index (χ2v) is 4.33.